The molecular weight excluding hydrogens is 380 g/mol. The lowest BCUT2D eigenvalue weighted by atomic mass is 9.49. The minimum absolute atomic E-state index is 0.0325. The van der Waals surface area contributed by atoms with Crippen LogP contribution in [0.3, 0.4) is 0 Å². The molecule has 172 valence electrons. The minimum Gasteiger partial charge on any atom is -0.393 e. The summed E-state index contributed by atoms with van der Waals surface area (Å²) in [6, 6.07) is 0. The molecule has 0 amide bonds. The van der Waals surface area contributed by atoms with Gasteiger partial charge >= 0.3 is 0 Å². The van der Waals surface area contributed by atoms with E-state index in [1.54, 1.807) is 0 Å². The van der Waals surface area contributed by atoms with Crippen LogP contribution in [0.2, 0.25) is 0 Å². The zero-order chi connectivity index (χ0) is 22.3. The lowest BCUT2D eigenvalue weighted by Crippen LogP contribution is -2.54. The Balaban J connectivity index is 1.72. The molecule has 4 aliphatic rings. The molecule has 0 aromatic carbocycles. The molecule has 30 heavy (non-hydrogen) atoms. The van der Waals surface area contributed by atoms with Gasteiger partial charge in [0.15, 0.2) is 0 Å². The Morgan fingerprint density at radius 1 is 1.17 bits per heavy atom. The molecule has 0 aromatic heterocycles. The molecule has 1 spiro atoms. The summed E-state index contributed by atoms with van der Waals surface area (Å²) in [5.74, 6) is 1.57. The molecule has 3 fully saturated rings. The first-order valence-corrected chi connectivity index (χ1v) is 11.9. The molecule has 5 heteroatoms. The van der Waals surface area contributed by atoms with Gasteiger partial charge in [-0.3, -0.25) is 0 Å². The summed E-state index contributed by atoms with van der Waals surface area (Å²) in [5, 5.41) is 52.4. The Morgan fingerprint density at radius 3 is 2.47 bits per heavy atom. The third-order valence-corrected chi connectivity index (χ3v) is 10.1. The predicted molar refractivity (Wildman–Crippen MR) is 115 cm³/mol. The van der Waals surface area contributed by atoms with Crippen LogP contribution in [0.5, 0.6) is 0 Å². The van der Waals surface area contributed by atoms with Crippen LogP contribution in [0.4, 0.5) is 0 Å². The molecular formula is C25H42O5. The van der Waals surface area contributed by atoms with Crippen molar-refractivity contribution in [2.24, 2.45) is 39.9 Å². The first kappa shape index (κ1) is 22.7. The van der Waals surface area contributed by atoms with Crippen LogP contribution < -0.4 is 0 Å². The van der Waals surface area contributed by atoms with Crippen LogP contribution in [-0.4, -0.2) is 56.1 Å². The quantitative estimate of drug-likeness (QED) is 0.439. The van der Waals surface area contributed by atoms with Gasteiger partial charge in [0, 0.05) is 5.41 Å². The van der Waals surface area contributed by atoms with Gasteiger partial charge in [-0.1, -0.05) is 39.3 Å². The highest BCUT2D eigenvalue weighted by atomic mass is 16.4. The summed E-state index contributed by atoms with van der Waals surface area (Å²) < 4.78 is 0. The third-order valence-electron chi connectivity index (χ3n) is 10.1. The van der Waals surface area contributed by atoms with Crippen LogP contribution in [0.1, 0.15) is 73.1 Å². The van der Waals surface area contributed by atoms with Crippen molar-refractivity contribution in [2.75, 3.05) is 6.61 Å². The van der Waals surface area contributed by atoms with Crippen molar-refractivity contribution in [3.63, 3.8) is 0 Å². The Hall–Kier alpha value is -0.460. The summed E-state index contributed by atoms with van der Waals surface area (Å²) in [7, 11) is 0. The van der Waals surface area contributed by atoms with Crippen LogP contribution in [0, 0.1) is 39.9 Å². The molecule has 0 radical (unpaired) electrons. The van der Waals surface area contributed by atoms with E-state index in [4.69, 9.17) is 0 Å². The highest BCUT2D eigenvalue weighted by molar-refractivity contribution is 5.38. The maximum Gasteiger partial charge on any atom is 0.113 e. The van der Waals surface area contributed by atoms with Crippen molar-refractivity contribution in [1.82, 2.24) is 0 Å². The average Bonchev–Trinajstić information content (AvgIpc) is 3.23. The smallest absolute Gasteiger partial charge is 0.113 e. The number of allylic oxidation sites excluding steroid dienone is 1. The fraction of sp³-hybridized carbons (Fsp3) is 0.920. The van der Waals surface area contributed by atoms with Gasteiger partial charge in [-0.05, 0) is 80.0 Å². The molecule has 5 nitrogen and oxygen atoms in total. The van der Waals surface area contributed by atoms with Crippen molar-refractivity contribution < 1.29 is 25.5 Å². The molecule has 0 heterocycles. The summed E-state index contributed by atoms with van der Waals surface area (Å²) >= 11 is 0. The monoisotopic (exact) mass is 422 g/mol. The fourth-order valence-electron chi connectivity index (χ4n) is 8.78. The molecule has 0 saturated heterocycles. The maximum atomic E-state index is 11.3. The van der Waals surface area contributed by atoms with Gasteiger partial charge < -0.3 is 25.5 Å². The highest BCUT2D eigenvalue weighted by Gasteiger charge is 2.69. The molecule has 1 unspecified atom stereocenters. The van der Waals surface area contributed by atoms with E-state index in [9.17, 15) is 25.5 Å². The van der Waals surface area contributed by atoms with Crippen LogP contribution in [-0.2, 0) is 0 Å². The average molecular weight is 423 g/mol. The molecule has 3 saturated carbocycles. The SMILES string of the molecule is C[C@H]1C[C@@H](O)[C@@]23C1=C[C@@]1(C)CC[C@](C)(C[C@H](O)[C@H](O)[C@@](C)(O)CO)C1[C@@H]2CC[C@@H]3C. The Morgan fingerprint density at radius 2 is 1.83 bits per heavy atom. The second kappa shape index (κ2) is 7.02. The molecule has 0 bridgehead atoms. The van der Waals surface area contributed by atoms with Gasteiger partial charge in [0.2, 0.25) is 0 Å². The standard InChI is InChI=1S/C25H42O5/c1-14-10-19(28)25-15(2)6-7-16(25)20-22(3,11-17(14)25)8-9-23(20,4)12-18(27)21(29)24(5,30)13-26/h11,14-16,18-21,26-30H,6-10,12-13H2,1-5H3/t14-,15-,16-,18-,19+,20?,21-,22+,23+,24-,25+/m0/s1. The topological polar surface area (TPSA) is 101 Å². The Labute approximate surface area is 181 Å². The second-order valence-electron chi connectivity index (χ2n) is 12.1. The van der Waals surface area contributed by atoms with E-state index in [1.807, 2.05) is 0 Å². The number of hydrogen-bond donors (Lipinski definition) is 5. The third kappa shape index (κ3) is 2.85. The van der Waals surface area contributed by atoms with Crippen molar-refractivity contribution >= 4 is 0 Å². The van der Waals surface area contributed by atoms with E-state index < -0.39 is 24.4 Å². The van der Waals surface area contributed by atoms with Crippen molar-refractivity contribution in [2.45, 2.75) is 97.1 Å². The summed E-state index contributed by atoms with van der Waals surface area (Å²) in [6.45, 7) is 9.92. The Kier molecular flexibility index (Phi) is 5.32. The van der Waals surface area contributed by atoms with Crippen LogP contribution in [0.15, 0.2) is 11.6 Å². The zero-order valence-electron chi connectivity index (χ0n) is 19.3. The van der Waals surface area contributed by atoms with Gasteiger partial charge in [0.25, 0.3) is 0 Å². The zero-order valence-corrected chi connectivity index (χ0v) is 19.3. The van der Waals surface area contributed by atoms with Gasteiger partial charge in [-0.15, -0.1) is 0 Å². The first-order chi connectivity index (χ1) is 13.8. The number of hydrogen-bond acceptors (Lipinski definition) is 5. The fourth-order valence-corrected chi connectivity index (χ4v) is 8.78. The molecule has 4 rings (SSSR count). The normalized spacial score (nSPS) is 51.5. The van der Waals surface area contributed by atoms with Crippen molar-refractivity contribution in [3.8, 4) is 0 Å². The summed E-state index contributed by atoms with van der Waals surface area (Å²) in [5.41, 5.74) is -0.551. The van der Waals surface area contributed by atoms with E-state index in [-0.39, 0.29) is 22.3 Å². The van der Waals surface area contributed by atoms with Crippen molar-refractivity contribution in [1.29, 1.82) is 0 Å². The highest BCUT2D eigenvalue weighted by Crippen LogP contribution is 2.74. The number of fused-ring (bicyclic) bond motifs is 2. The largest absolute Gasteiger partial charge is 0.393 e. The first-order valence-electron chi connectivity index (χ1n) is 11.9. The van der Waals surface area contributed by atoms with Crippen LogP contribution >= 0.6 is 0 Å². The predicted octanol–water partition coefficient (Wildman–Crippen LogP) is 2.64. The Bertz CT molecular complexity index is 718. The number of aliphatic hydroxyl groups is 5. The summed E-state index contributed by atoms with van der Waals surface area (Å²) in [4.78, 5) is 0. The molecule has 0 aliphatic heterocycles. The van der Waals surface area contributed by atoms with Gasteiger partial charge in [-0.25, -0.2) is 0 Å². The number of rotatable bonds is 5. The maximum absolute atomic E-state index is 11.3. The van der Waals surface area contributed by atoms with E-state index in [2.05, 4.69) is 33.8 Å². The van der Waals surface area contributed by atoms with E-state index in [0.717, 1.165) is 32.1 Å². The van der Waals surface area contributed by atoms with Crippen molar-refractivity contribution in [3.05, 3.63) is 11.6 Å². The van der Waals surface area contributed by atoms with Gasteiger partial charge in [-0.2, -0.15) is 0 Å². The number of aliphatic hydroxyl groups excluding tert-OH is 4. The minimum atomic E-state index is -1.72. The molecule has 5 N–H and O–H groups in total. The molecule has 0 aromatic rings. The van der Waals surface area contributed by atoms with E-state index in [0.29, 0.717) is 30.1 Å². The van der Waals surface area contributed by atoms with Crippen LogP contribution in [0.25, 0.3) is 0 Å². The summed E-state index contributed by atoms with van der Waals surface area (Å²) in [6.07, 6.45) is 5.16. The molecule has 4 aliphatic carbocycles. The van der Waals surface area contributed by atoms with Gasteiger partial charge in [0.1, 0.15) is 11.7 Å². The van der Waals surface area contributed by atoms with Gasteiger partial charge in [0.05, 0.1) is 18.8 Å². The molecule has 11 atom stereocenters. The lowest BCUT2D eigenvalue weighted by Gasteiger charge is -2.55. The second-order valence-corrected chi connectivity index (χ2v) is 12.1. The van der Waals surface area contributed by atoms with E-state index >= 15 is 0 Å². The lowest BCUT2D eigenvalue weighted by molar-refractivity contribution is -0.148. The van der Waals surface area contributed by atoms with E-state index in [1.165, 1.54) is 12.5 Å².